The van der Waals surface area contributed by atoms with Crippen molar-refractivity contribution in [3.05, 3.63) is 132 Å². The molecule has 0 spiro atoms. The van der Waals surface area contributed by atoms with E-state index in [4.69, 9.17) is 0 Å². The molecule has 0 aliphatic rings. The summed E-state index contributed by atoms with van der Waals surface area (Å²) in [5, 5.41) is 34.3. The number of nitriles is 1. The van der Waals surface area contributed by atoms with Crippen molar-refractivity contribution in [2.75, 3.05) is 10.6 Å². The van der Waals surface area contributed by atoms with Crippen molar-refractivity contribution in [3.8, 4) is 17.3 Å². The van der Waals surface area contributed by atoms with Gasteiger partial charge in [-0.3, -0.25) is 8.42 Å². The Bertz CT molecular complexity index is 3960. The van der Waals surface area contributed by atoms with E-state index in [0.717, 1.165) is 70.6 Å². The van der Waals surface area contributed by atoms with E-state index in [0.29, 0.717) is 5.56 Å². The van der Waals surface area contributed by atoms with Crippen LogP contribution >= 0.6 is 11.3 Å². The molecule has 2 aromatic heterocycles. The summed E-state index contributed by atoms with van der Waals surface area (Å²) >= 11 is 0.824. The van der Waals surface area contributed by atoms with Gasteiger partial charge in [-0.1, -0.05) is 47.7 Å². The molecule has 0 aliphatic heterocycles. The van der Waals surface area contributed by atoms with Gasteiger partial charge >= 0.3 is 257 Å². The normalized spacial score (nSPS) is 11.7. The summed E-state index contributed by atoms with van der Waals surface area (Å²) in [5.74, 6) is -0.147. The summed E-state index contributed by atoms with van der Waals surface area (Å²) in [5.41, 5.74) is 0.849. The van der Waals surface area contributed by atoms with E-state index >= 15 is 0 Å². The van der Waals surface area contributed by atoms with Gasteiger partial charge in [-0.2, -0.15) is 23.5 Å². The van der Waals surface area contributed by atoms with Gasteiger partial charge in [0.05, 0.1) is 31.2 Å². The number of rotatable bonds is 13. The van der Waals surface area contributed by atoms with E-state index in [2.05, 4.69) is 47.1 Å². The minimum absolute atomic E-state index is 0. The molecule has 2 heterocycles. The molecule has 2 N–H and O–H groups in total. The molecule has 0 atom stereocenters. The number of anilines is 4. The van der Waals surface area contributed by atoms with Crippen molar-refractivity contribution in [1.82, 2.24) is 9.97 Å². The number of hydrogen-bond acceptors (Lipinski definition) is 22. The maximum Gasteiger partial charge on any atom is 1.00 e. The Kier molecular flexibility index (Phi) is 26.5. The van der Waals surface area contributed by atoms with Gasteiger partial charge in [0.25, 0.3) is 0 Å². The number of aromatic nitrogens is 2. The van der Waals surface area contributed by atoms with Crippen molar-refractivity contribution in [2.24, 2.45) is 20.5 Å². The fourth-order valence-electron chi connectivity index (χ4n) is 6.66. The van der Waals surface area contributed by atoms with Crippen molar-refractivity contribution in [1.29, 1.82) is 5.26 Å². The quantitative estimate of drug-likeness (QED) is 0.0469. The standard InChI is InChI=1S/C42H28N9O12S5.5K/c1-23-34(22-43)39(44-27-11-15-30(16-12-27)65(52,53)54)47-40(45-28-13-17-31(18-14-28)66(55,56)57)37(23)49-51-42-46-38(26-10-9-24-5-2-3-6-25(24)19-26)41(64-42)50-48-29-20-33-32(36(21-29)68(61,62)63)7-4-8-35(33)67(58,59)60;;;;;/h2-3,5-21H,1H3,(H2,44,45,47)(H,52,53,54)(H,55,56,57)(H,58,59,60)(H,61,62,63);;;;;/q-1;5*+1/p-4. The second kappa shape index (κ2) is 28.4. The third-order valence-corrected chi connectivity index (χ3v) is 14.1. The maximum absolute atomic E-state index is 12.4. The molecule has 0 aliphatic carbocycles. The number of nitrogens with zero attached hydrogens (tertiary/aromatic N) is 7. The Morgan fingerprint density at radius 1 is 0.589 bits per heavy atom. The molecule has 31 heteroatoms. The average molecular weight is 1200 g/mol. The summed E-state index contributed by atoms with van der Waals surface area (Å²) in [6.45, 7) is 1.51. The van der Waals surface area contributed by atoms with Crippen LogP contribution in [0.5, 0.6) is 0 Å². The van der Waals surface area contributed by atoms with Crippen molar-refractivity contribution < 1.29 is 309 Å². The molecule has 0 saturated carbocycles. The van der Waals surface area contributed by atoms with Gasteiger partial charge in [-0.15, -0.1) is 31.2 Å². The fourth-order valence-corrected chi connectivity index (χ4v) is 9.69. The van der Waals surface area contributed by atoms with Gasteiger partial charge in [0, 0.05) is 27.4 Å². The van der Waals surface area contributed by atoms with E-state index in [-0.39, 0.29) is 324 Å². The molecule has 0 amide bonds. The van der Waals surface area contributed by atoms with Crippen LogP contribution in [0.1, 0.15) is 11.1 Å². The first-order valence-electron chi connectivity index (χ1n) is 18.9. The van der Waals surface area contributed by atoms with Crippen LogP contribution in [-0.4, -0.2) is 61.9 Å². The molecule has 8 aromatic rings. The summed E-state index contributed by atoms with van der Waals surface area (Å²) in [6.07, 6.45) is 0. The zero-order chi connectivity index (χ0) is 48.8. The summed E-state index contributed by atoms with van der Waals surface area (Å²) in [6, 6.07) is 30.2. The third kappa shape index (κ3) is 16.9. The zero-order valence-corrected chi connectivity index (χ0v) is 58.7. The van der Waals surface area contributed by atoms with Crippen LogP contribution in [0, 0.1) is 24.3 Å². The molecule has 0 radical (unpaired) electrons. The molecular weight excluding hydrogens is 1180 g/mol. The Balaban J connectivity index is 0.00000281. The molecule has 73 heavy (non-hydrogen) atoms. The molecular formula is C42H24K5N9O12S5. The maximum atomic E-state index is 12.4. The van der Waals surface area contributed by atoms with Crippen LogP contribution in [0.25, 0.3) is 32.8 Å². The van der Waals surface area contributed by atoms with E-state index in [9.17, 15) is 57.1 Å². The minimum Gasteiger partial charge on any atom is -0.754 e. The second-order valence-corrected chi connectivity index (χ2v) is 20.6. The van der Waals surface area contributed by atoms with Crippen molar-refractivity contribution in [2.45, 2.75) is 26.5 Å². The minimum atomic E-state index is -5.27. The number of hydrogen-bond donors (Lipinski definition) is 2. The van der Waals surface area contributed by atoms with Gasteiger partial charge in [0.15, 0.2) is 16.6 Å². The SMILES string of the molecule is Cc1c(C#N)c(Nc2ccc(S(=O)(=O)[O-])cc2)nc(Nc2ccc(S(=O)(=O)[O-])cc2)c1N=Nc1nc(-c2ccc3ccccc3c2)c(N=Nc2cc(S(=O)(=O)[O-])c3c[c-]cc(S(=O)(=O)[O-])c3c2)s1.[K+].[K+].[K+].[K+].[K+]. The molecule has 0 unspecified atom stereocenters. The monoisotopic (exact) mass is 1200 g/mol. The Labute approximate surface area is 634 Å². The molecule has 0 saturated heterocycles. The smallest absolute Gasteiger partial charge is 0.754 e. The van der Waals surface area contributed by atoms with Crippen molar-refractivity contribution in [3.63, 3.8) is 0 Å². The number of pyridine rings is 1. The Hall–Kier alpha value is 0.732. The first-order valence-corrected chi connectivity index (χ1v) is 25.4. The van der Waals surface area contributed by atoms with Gasteiger partial charge in [-0.05, 0) is 89.3 Å². The van der Waals surface area contributed by atoms with Gasteiger partial charge < -0.3 is 28.8 Å². The Morgan fingerprint density at radius 3 is 1.70 bits per heavy atom. The molecule has 344 valence electrons. The van der Waals surface area contributed by atoms with Crippen LogP contribution < -0.4 is 268 Å². The summed E-state index contributed by atoms with van der Waals surface area (Å²) in [7, 11) is -20.0. The number of thiazole rings is 1. The van der Waals surface area contributed by atoms with Gasteiger partial charge in [-0.25, -0.2) is 35.2 Å². The molecule has 0 fully saturated rings. The van der Waals surface area contributed by atoms with Crippen LogP contribution in [0.2, 0.25) is 0 Å². The first kappa shape index (κ1) is 68.0. The van der Waals surface area contributed by atoms with Crippen LogP contribution in [0.15, 0.2) is 155 Å². The molecule has 8 rings (SSSR count). The van der Waals surface area contributed by atoms with Gasteiger partial charge in [0.2, 0.25) is 5.13 Å². The predicted molar refractivity (Wildman–Crippen MR) is 241 cm³/mol. The number of nitrogens with one attached hydrogen (secondary N) is 2. The Morgan fingerprint density at radius 2 is 1.15 bits per heavy atom. The topological polar surface area (TPSA) is 352 Å². The van der Waals surface area contributed by atoms with Crippen molar-refractivity contribution >= 4 is 118 Å². The first-order chi connectivity index (χ1) is 32.1. The van der Waals surface area contributed by atoms with E-state index in [1.165, 1.54) is 31.2 Å². The fraction of sp³-hybridized carbons (Fsp3) is 0.0238. The predicted octanol–water partition coefficient (Wildman–Crippen LogP) is -6.55. The molecule has 6 aromatic carbocycles. The van der Waals surface area contributed by atoms with E-state index < -0.39 is 65.4 Å². The van der Waals surface area contributed by atoms with Gasteiger partial charge in [0.1, 0.15) is 47.8 Å². The number of azo groups is 2. The number of fused-ring (bicyclic) bond motifs is 2. The average Bonchev–Trinajstić information content (AvgIpc) is 3.69. The van der Waals surface area contributed by atoms with E-state index in [1.54, 1.807) is 12.1 Å². The van der Waals surface area contributed by atoms with Crippen LogP contribution in [0.3, 0.4) is 0 Å². The van der Waals surface area contributed by atoms with Crippen LogP contribution in [-0.2, 0) is 40.5 Å². The third-order valence-electron chi connectivity index (χ3n) is 9.82. The second-order valence-electron chi connectivity index (χ2n) is 14.2. The number of benzene rings is 6. The molecule has 0 bridgehead atoms. The summed E-state index contributed by atoms with van der Waals surface area (Å²) < 4.78 is 143. The summed E-state index contributed by atoms with van der Waals surface area (Å²) in [4.78, 5) is 6.43. The zero-order valence-electron chi connectivity index (χ0n) is 39.0. The molecule has 21 nitrogen and oxygen atoms in total. The largest absolute Gasteiger partial charge is 1.00 e. The van der Waals surface area contributed by atoms with Crippen LogP contribution in [0.4, 0.5) is 44.5 Å². The van der Waals surface area contributed by atoms with E-state index in [1.807, 2.05) is 36.4 Å².